The topological polar surface area (TPSA) is 32.3 Å². The second-order valence-electron chi connectivity index (χ2n) is 6.46. The second kappa shape index (κ2) is 8.21. The average Bonchev–Trinajstić information content (AvgIpc) is 2.62. The van der Waals surface area contributed by atoms with Gasteiger partial charge in [-0.15, -0.1) is 0 Å². The number of anilines is 2. The number of carbonyl (C=O) groups excluding carboxylic acids is 1. The monoisotopic (exact) mass is 354 g/mol. The van der Waals surface area contributed by atoms with E-state index in [0.29, 0.717) is 11.1 Å². The smallest absolute Gasteiger partial charge is 0.248 e. The number of hydrogen-bond donors (Lipinski definition) is 1. The summed E-state index contributed by atoms with van der Waals surface area (Å²) in [5.41, 5.74) is 2.97. The molecule has 1 aliphatic rings. The van der Waals surface area contributed by atoms with Crippen LogP contribution in [0.15, 0.2) is 54.6 Å². The number of piperidine rings is 1. The van der Waals surface area contributed by atoms with Crippen molar-refractivity contribution in [2.75, 3.05) is 16.8 Å². The molecule has 130 valence electrons. The van der Waals surface area contributed by atoms with Gasteiger partial charge >= 0.3 is 0 Å². The number of amides is 1. The van der Waals surface area contributed by atoms with Crippen LogP contribution < -0.4 is 10.2 Å². The quantitative estimate of drug-likeness (QED) is 0.748. The largest absolute Gasteiger partial charge is 0.369 e. The molecule has 4 heteroatoms. The SMILES string of the molecule is C[C@H]1CCCCN1c1ccc(NC(=O)/C=C/c2ccc(Cl)cc2)cc1. The predicted octanol–water partition coefficient (Wildman–Crippen LogP) is 5.37. The van der Waals surface area contributed by atoms with Crippen LogP contribution in [0.5, 0.6) is 0 Å². The molecule has 0 spiro atoms. The van der Waals surface area contributed by atoms with E-state index in [0.717, 1.165) is 17.8 Å². The number of nitrogens with one attached hydrogen (secondary N) is 1. The van der Waals surface area contributed by atoms with E-state index in [9.17, 15) is 4.79 Å². The molecular weight excluding hydrogens is 332 g/mol. The summed E-state index contributed by atoms with van der Waals surface area (Å²) in [5, 5.41) is 3.58. The Balaban J connectivity index is 1.59. The van der Waals surface area contributed by atoms with Gasteiger partial charge in [-0.25, -0.2) is 0 Å². The van der Waals surface area contributed by atoms with Crippen molar-refractivity contribution in [3.8, 4) is 0 Å². The van der Waals surface area contributed by atoms with Gasteiger partial charge in [0, 0.05) is 35.1 Å². The fraction of sp³-hybridized carbons (Fsp3) is 0.286. The van der Waals surface area contributed by atoms with E-state index >= 15 is 0 Å². The summed E-state index contributed by atoms with van der Waals surface area (Å²) >= 11 is 5.85. The minimum atomic E-state index is -0.144. The molecule has 1 atom stereocenters. The normalized spacial score (nSPS) is 17.7. The molecule has 0 radical (unpaired) electrons. The number of halogens is 1. The van der Waals surface area contributed by atoms with Crippen molar-refractivity contribution >= 4 is 35.0 Å². The first-order valence-corrected chi connectivity index (χ1v) is 9.11. The Hall–Kier alpha value is -2.26. The highest BCUT2D eigenvalue weighted by molar-refractivity contribution is 6.30. The first-order valence-electron chi connectivity index (χ1n) is 8.73. The van der Waals surface area contributed by atoms with Crippen LogP contribution in [0.4, 0.5) is 11.4 Å². The van der Waals surface area contributed by atoms with Crippen molar-refractivity contribution in [1.29, 1.82) is 0 Å². The zero-order chi connectivity index (χ0) is 17.6. The zero-order valence-electron chi connectivity index (χ0n) is 14.4. The highest BCUT2D eigenvalue weighted by Crippen LogP contribution is 2.25. The van der Waals surface area contributed by atoms with Gasteiger partial charge < -0.3 is 10.2 Å². The third-order valence-corrected chi connectivity index (χ3v) is 4.82. The van der Waals surface area contributed by atoms with Crippen LogP contribution in [0, 0.1) is 0 Å². The molecule has 0 unspecified atom stereocenters. The first kappa shape index (κ1) is 17.6. The molecular formula is C21H23ClN2O. The lowest BCUT2D eigenvalue weighted by Gasteiger charge is -2.35. The Kier molecular flexibility index (Phi) is 5.77. The molecule has 25 heavy (non-hydrogen) atoms. The summed E-state index contributed by atoms with van der Waals surface area (Å²) in [6.07, 6.45) is 7.11. The molecule has 3 rings (SSSR count). The standard InChI is InChI=1S/C21H23ClN2O/c1-16-4-2-3-15-24(16)20-12-10-19(11-13-20)23-21(25)14-7-17-5-8-18(22)9-6-17/h5-14,16H,2-4,15H2,1H3,(H,23,25)/b14-7+/t16-/m0/s1. The van der Waals surface area contributed by atoms with Gasteiger partial charge in [0.25, 0.3) is 0 Å². The maximum absolute atomic E-state index is 12.1. The third kappa shape index (κ3) is 4.86. The highest BCUT2D eigenvalue weighted by atomic mass is 35.5. The molecule has 0 saturated carbocycles. The minimum Gasteiger partial charge on any atom is -0.369 e. The molecule has 1 amide bonds. The van der Waals surface area contributed by atoms with Gasteiger partial charge in [-0.1, -0.05) is 23.7 Å². The Labute approximate surface area is 154 Å². The van der Waals surface area contributed by atoms with Gasteiger partial charge in [0.05, 0.1) is 0 Å². The van der Waals surface area contributed by atoms with E-state index in [4.69, 9.17) is 11.6 Å². The van der Waals surface area contributed by atoms with Crippen LogP contribution in [0.25, 0.3) is 6.08 Å². The van der Waals surface area contributed by atoms with E-state index < -0.39 is 0 Å². The Morgan fingerprint density at radius 1 is 1.12 bits per heavy atom. The summed E-state index contributed by atoms with van der Waals surface area (Å²) in [5.74, 6) is -0.144. The van der Waals surface area contributed by atoms with E-state index in [1.807, 2.05) is 24.3 Å². The van der Waals surface area contributed by atoms with Gasteiger partial charge in [-0.2, -0.15) is 0 Å². The van der Waals surface area contributed by atoms with Gasteiger partial charge in [0.15, 0.2) is 0 Å². The summed E-state index contributed by atoms with van der Waals surface area (Å²) < 4.78 is 0. The summed E-state index contributed by atoms with van der Waals surface area (Å²) in [7, 11) is 0. The van der Waals surface area contributed by atoms with Crippen LogP contribution in [0.1, 0.15) is 31.7 Å². The molecule has 1 N–H and O–H groups in total. The summed E-state index contributed by atoms with van der Waals surface area (Å²) in [4.78, 5) is 14.5. The van der Waals surface area contributed by atoms with E-state index in [1.54, 1.807) is 18.2 Å². The number of nitrogens with zero attached hydrogens (tertiary/aromatic N) is 1. The van der Waals surface area contributed by atoms with Crippen LogP contribution >= 0.6 is 11.6 Å². The third-order valence-electron chi connectivity index (χ3n) is 4.57. The fourth-order valence-corrected chi connectivity index (χ4v) is 3.27. The van der Waals surface area contributed by atoms with Crippen LogP contribution in [0.2, 0.25) is 5.02 Å². The van der Waals surface area contributed by atoms with E-state index in [1.165, 1.54) is 31.0 Å². The average molecular weight is 355 g/mol. The van der Waals surface area contributed by atoms with Crippen LogP contribution in [-0.2, 0) is 4.79 Å². The molecule has 0 aliphatic carbocycles. The van der Waals surface area contributed by atoms with Gasteiger partial charge in [-0.3, -0.25) is 4.79 Å². The van der Waals surface area contributed by atoms with Crippen LogP contribution in [-0.4, -0.2) is 18.5 Å². The molecule has 2 aromatic carbocycles. The van der Waals surface area contributed by atoms with Crippen LogP contribution in [0.3, 0.4) is 0 Å². The van der Waals surface area contributed by atoms with E-state index in [-0.39, 0.29) is 5.91 Å². The molecule has 1 saturated heterocycles. The zero-order valence-corrected chi connectivity index (χ0v) is 15.2. The second-order valence-corrected chi connectivity index (χ2v) is 6.90. The lowest BCUT2D eigenvalue weighted by Crippen LogP contribution is -2.37. The molecule has 1 heterocycles. The summed E-state index contributed by atoms with van der Waals surface area (Å²) in [6.45, 7) is 3.38. The molecule has 1 fully saturated rings. The first-order chi connectivity index (χ1) is 12.1. The van der Waals surface area contributed by atoms with Crippen molar-refractivity contribution in [2.45, 2.75) is 32.2 Å². The lowest BCUT2D eigenvalue weighted by atomic mass is 10.0. The summed E-state index contributed by atoms with van der Waals surface area (Å²) in [6, 6.07) is 16.0. The number of benzene rings is 2. The van der Waals surface area contributed by atoms with Gasteiger partial charge in [0.2, 0.25) is 5.91 Å². The Morgan fingerprint density at radius 3 is 2.52 bits per heavy atom. The lowest BCUT2D eigenvalue weighted by molar-refractivity contribution is -0.111. The molecule has 3 nitrogen and oxygen atoms in total. The van der Waals surface area contributed by atoms with Crippen molar-refractivity contribution in [2.24, 2.45) is 0 Å². The van der Waals surface area contributed by atoms with Crippen molar-refractivity contribution in [3.63, 3.8) is 0 Å². The number of rotatable bonds is 4. The number of hydrogen-bond acceptors (Lipinski definition) is 2. The maximum Gasteiger partial charge on any atom is 0.248 e. The number of carbonyl (C=O) groups is 1. The molecule has 1 aliphatic heterocycles. The van der Waals surface area contributed by atoms with E-state index in [2.05, 4.69) is 29.3 Å². The Morgan fingerprint density at radius 2 is 1.84 bits per heavy atom. The predicted molar refractivity (Wildman–Crippen MR) is 106 cm³/mol. The Bertz CT molecular complexity index is 737. The fourth-order valence-electron chi connectivity index (χ4n) is 3.15. The van der Waals surface area contributed by atoms with Crippen molar-refractivity contribution in [1.82, 2.24) is 0 Å². The van der Waals surface area contributed by atoms with Crippen molar-refractivity contribution in [3.05, 3.63) is 65.2 Å². The van der Waals surface area contributed by atoms with Crippen molar-refractivity contribution < 1.29 is 4.79 Å². The highest BCUT2D eigenvalue weighted by Gasteiger charge is 2.18. The maximum atomic E-state index is 12.1. The molecule has 2 aromatic rings. The molecule has 0 bridgehead atoms. The minimum absolute atomic E-state index is 0.144. The van der Waals surface area contributed by atoms with Gasteiger partial charge in [0.1, 0.15) is 0 Å². The molecule has 0 aromatic heterocycles. The van der Waals surface area contributed by atoms with Gasteiger partial charge in [-0.05, 0) is 74.2 Å².